The van der Waals surface area contributed by atoms with Crippen molar-refractivity contribution in [3.8, 4) is 23.6 Å². The maximum absolute atomic E-state index is 12.7. The molecule has 1 aromatic carbocycles. The number of nitriles is 2. The molecule has 5 aromatic rings. The third-order valence-electron chi connectivity index (χ3n) is 12.3. The van der Waals surface area contributed by atoms with E-state index in [9.17, 15) is 25.2 Å². The van der Waals surface area contributed by atoms with Gasteiger partial charge in [0.1, 0.15) is 17.8 Å². The summed E-state index contributed by atoms with van der Waals surface area (Å²) in [5.41, 5.74) is 3.70. The molecule has 2 amide bonds. The van der Waals surface area contributed by atoms with Crippen molar-refractivity contribution < 1.29 is 14.7 Å². The van der Waals surface area contributed by atoms with E-state index in [1.54, 1.807) is 40.8 Å². The number of aliphatic hydroxyl groups is 1. The van der Waals surface area contributed by atoms with Gasteiger partial charge in [-0.3, -0.25) is 19.8 Å². The zero-order valence-electron chi connectivity index (χ0n) is 33.0. The number of piperazine rings is 1. The molecule has 3 atom stereocenters. The van der Waals surface area contributed by atoms with Crippen LogP contribution in [0.25, 0.3) is 22.5 Å². The van der Waals surface area contributed by atoms with Gasteiger partial charge in [-0.2, -0.15) is 20.3 Å². The molecule has 6 heterocycles. The molecule has 58 heavy (non-hydrogen) atoms. The summed E-state index contributed by atoms with van der Waals surface area (Å²) in [6.45, 7) is 9.39. The molecule has 298 valence electrons. The minimum absolute atomic E-state index is 0.156. The predicted molar refractivity (Wildman–Crippen MR) is 215 cm³/mol. The first-order valence-electron chi connectivity index (χ1n) is 19.9. The van der Waals surface area contributed by atoms with Gasteiger partial charge in [0.25, 0.3) is 0 Å². The maximum atomic E-state index is 12.7. The maximum Gasteiger partial charge on any atom is 0.236 e. The number of anilines is 2. The van der Waals surface area contributed by atoms with Crippen molar-refractivity contribution in [1.82, 2.24) is 45.0 Å². The van der Waals surface area contributed by atoms with Crippen LogP contribution in [-0.2, 0) is 15.0 Å². The van der Waals surface area contributed by atoms with Crippen LogP contribution in [0, 0.1) is 22.7 Å². The topological polar surface area (TPSA) is 207 Å². The number of hydrogen-bond acceptors (Lipinski definition) is 13. The van der Waals surface area contributed by atoms with Crippen LogP contribution < -0.4 is 15.5 Å². The van der Waals surface area contributed by atoms with Crippen LogP contribution in [-0.4, -0.2) is 100 Å². The van der Waals surface area contributed by atoms with Gasteiger partial charge in [-0.1, -0.05) is 17.3 Å². The van der Waals surface area contributed by atoms with Crippen LogP contribution in [0.4, 0.5) is 11.4 Å². The average Bonchev–Trinajstić information content (AvgIpc) is 3.90. The van der Waals surface area contributed by atoms with E-state index in [1.807, 2.05) is 25.3 Å². The Morgan fingerprint density at radius 1 is 1.05 bits per heavy atom. The van der Waals surface area contributed by atoms with Crippen molar-refractivity contribution in [3.05, 3.63) is 78.0 Å². The lowest BCUT2D eigenvalue weighted by Crippen LogP contribution is -2.53. The lowest BCUT2D eigenvalue weighted by atomic mass is 9.75. The summed E-state index contributed by atoms with van der Waals surface area (Å²) in [6, 6.07) is 15.8. The Balaban J connectivity index is 0.865. The second-order valence-corrected chi connectivity index (χ2v) is 16.3. The van der Waals surface area contributed by atoms with Crippen LogP contribution in [0.1, 0.15) is 88.5 Å². The number of imide groups is 1. The predicted octanol–water partition coefficient (Wildman–Crippen LogP) is 4.28. The van der Waals surface area contributed by atoms with E-state index >= 15 is 0 Å². The normalized spacial score (nSPS) is 24.6. The molecule has 0 bridgehead atoms. The summed E-state index contributed by atoms with van der Waals surface area (Å²) in [5, 5.41) is 50.4. The Morgan fingerprint density at radius 3 is 2.57 bits per heavy atom. The third-order valence-corrected chi connectivity index (χ3v) is 12.3. The third kappa shape index (κ3) is 7.60. The Bertz CT molecular complexity index is 2420. The first-order valence-corrected chi connectivity index (χ1v) is 19.9. The van der Waals surface area contributed by atoms with Crippen LogP contribution in [0.5, 0.6) is 0 Å². The number of fused-ring (bicyclic) bond motifs is 1. The van der Waals surface area contributed by atoms with Gasteiger partial charge < -0.3 is 15.3 Å². The van der Waals surface area contributed by atoms with Gasteiger partial charge in [-0.25, -0.2) is 14.6 Å². The second kappa shape index (κ2) is 15.6. The van der Waals surface area contributed by atoms with Crippen LogP contribution in [0.3, 0.4) is 0 Å². The number of piperidine rings is 1. The second-order valence-electron chi connectivity index (χ2n) is 16.3. The number of nitrogens with one attached hydrogen (secondary N) is 2. The number of aromatic nitrogens is 7. The molecule has 0 spiro atoms. The van der Waals surface area contributed by atoms with Crippen molar-refractivity contribution in [1.29, 1.82) is 10.5 Å². The average molecular weight is 782 g/mol. The molecule has 3 N–H and O–H groups in total. The van der Waals surface area contributed by atoms with E-state index in [0.29, 0.717) is 65.9 Å². The zero-order chi connectivity index (χ0) is 40.6. The van der Waals surface area contributed by atoms with Crippen molar-refractivity contribution in [2.75, 3.05) is 36.4 Å². The number of carbonyl (C=O) groups excluding carboxylic acids is 2. The first-order chi connectivity index (χ1) is 27.9. The van der Waals surface area contributed by atoms with Gasteiger partial charge in [0, 0.05) is 67.9 Å². The van der Waals surface area contributed by atoms with Gasteiger partial charge in [-0.15, -0.1) is 5.10 Å². The molecule has 3 aliphatic rings. The fourth-order valence-electron chi connectivity index (χ4n) is 8.64. The quantitative estimate of drug-likeness (QED) is 0.170. The fourth-order valence-corrected chi connectivity index (χ4v) is 8.64. The van der Waals surface area contributed by atoms with E-state index < -0.39 is 17.1 Å². The number of nitrogens with zero attached hydrogens (tertiary/aromatic N) is 11. The molecule has 4 aromatic heterocycles. The highest BCUT2D eigenvalue weighted by Gasteiger charge is 2.40. The number of amides is 2. The Kier molecular flexibility index (Phi) is 10.4. The van der Waals surface area contributed by atoms with Crippen LogP contribution in [0.15, 0.2) is 61.2 Å². The standard InChI is InChI=1S/C42H47N13O3/c1-27(20-43)48-34-19-37(55-39-31(23-47-55)18-29(21-44)22-46-39)45-24-36(34)54-26-35(50-51-54)30-8-12-42(58,13-9-30)14-15-52-16-17-53(28(2)25-52)33-6-4-32(5-7-33)41(3)11-10-38(56)49-40(41)57/h4-7,18-19,22-24,26-28,30,58H,8-17,25H2,1-3H3,(H,45,48)(H,49,56,57)/t27-,28+,30?,41-,42?/m1/s1. The lowest BCUT2D eigenvalue weighted by Gasteiger charge is -2.43. The van der Waals surface area contributed by atoms with E-state index in [1.165, 1.54) is 6.20 Å². The Labute approximate surface area is 336 Å². The summed E-state index contributed by atoms with van der Waals surface area (Å²) in [4.78, 5) is 38.3. The molecule has 8 rings (SSSR count). The number of hydrogen-bond donors (Lipinski definition) is 3. The van der Waals surface area contributed by atoms with Crippen LogP contribution in [0.2, 0.25) is 0 Å². The summed E-state index contributed by atoms with van der Waals surface area (Å²) >= 11 is 0. The van der Waals surface area contributed by atoms with Gasteiger partial charge >= 0.3 is 0 Å². The van der Waals surface area contributed by atoms with Crippen molar-refractivity contribution in [2.45, 2.75) is 94.7 Å². The molecular weight excluding hydrogens is 735 g/mol. The van der Waals surface area contributed by atoms with Gasteiger partial charge in [-0.05, 0) is 83.1 Å². The number of carbonyl (C=O) groups is 2. The van der Waals surface area contributed by atoms with E-state index in [4.69, 9.17) is 0 Å². The van der Waals surface area contributed by atoms with Gasteiger partial charge in [0.15, 0.2) is 11.5 Å². The van der Waals surface area contributed by atoms with Crippen LogP contribution >= 0.6 is 0 Å². The Morgan fingerprint density at radius 2 is 1.84 bits per heavy atom. The fraction of sp³-hybridized carbons (Fsp3) is 0.452. The smallest absolute Gasteiger partial charge is 0.236 e. The molecular formula is C42H47N13O3. The SMILES string of the molecule is C[C@H](C#N)Nc1cc(-n2ncc3cc(C#N)cnc32)ncc1-n1cc(C2CCC(O)(CCN3CCN(c4ccc([C@@]5(C)CCC(=O)NC5=O)cc4)[C@@H](C)C3)CC2)nn1. The van der Waals surface area contributed by atoms with Crippen molar-refractivity contribution >= 4 is 34.2 Å². The molecule has 2 aliphatic heterocycles. The van der Waals surface area contributed by atoms with Gasteiger partial charge in [0.2, 0.25) is 11.8 Å². The largest absolute Gasteiger partial charge is 0.390 e. The molecule has 2 saturated heterocycles. The van der Waals surface area contributed by atoms with E-state index in [2.05, 4.69) is 77.0 Å². The summed E-state index contributed by atoms with van der Waals surface area (Å²) < 4.78 is 3.26. The highest BCUT2D eigenvalue weighted by molar-refractivity contribution is 6.03. The molecule has 0 radical (unpaired) electrons. The highest BCUT2D eigenvalue weighted by atomic mass is 16.3. The summed E-state index contributed by atoms with van der Waals surface area (Å²) in [5.74, 6) is 0.201. The Hall–Kier alpha value is -6.23. The summed E-state index contributed by atoms with van der Waals surface area (Å²) in [6.07, 6.45) is 11.2. The molecule has 0 unspecified atom stereocenters. The van der Waals surface area contributed by atoms with Gasteiger partial charge in [0.05, 0.1) is 52.6 Å². The molecule has 1 aliphatic carbocycles. The number of pyridine rings is 2. The summed E-state index contributed by atoms with van der Waals surface area (Å²) in [7, 11) is 0. The molecule has 1 saturated carbocycles. The monoisotopic (exact) mass is 781 g/mol. The van der Waals surface area contributed by atoms with Crippen molar-refractivity contribution in [2.24, 2.45) is 0 Å². The molecule has 16 nitrogen and oxygen atoms in total. The van der Waals surface area contributed by atoms with E-state index in [0.717, 1.165) is 56.0 Å². The molecule has 3 fully saturated rings. The molecule has 16 heteroatoms. The zero-order valence-corrected chi connectivity index (χ0v) is 33.0. The number of rotatable bonds is 10. The minimum atomic E-state index is -0.735. The lowest BCUT2D eigenvalue weighted by molar-refractivity contribution is -0.137. The highest BCUT2D eigenvalue weighted by Crippen LogP contribution is 2.40. The first kappa shape index (κ1) is 38.6. The number of benzene rings is 1. The minimum Gasteiger partial charge on any atom is -0.390 e. The van der Waals surface area contributed by atoms with E-state index in [-0.39, 0.29) is 23.8 Å². The van der Waals surface area contributed by atoms with Crippen molar-refractivity contribution in [3.63, 3.8) is 0 Å².